The lowest BCUT2D eigenvalue weighted by atomic mass is 10.1. The van der Waals surface area contributed by atoms with E-state index in [0.29, 0.717) is 29.5 Å². The third-order valence-corrected chi connectivity index (χ3v) is 7.04. The fourth-order valence-corrected chi connectivity index (χ4v) is 4.87. The zero-order valence-corrected chi connectivity index (χ0v) is 17.0. The van der Waals surface area contributed by atoms with Crippen LogP contribution in [0.25, 0.3) is 10.8 Å². The average molecular weight is 433 g/mol. The summed E-state index contributed by atoms with van der Waals surface area (Å²) in [4.78, 5) is 11.5. The van der Waals surface area contributed by atoms with Crippen LogP contribution in [0.5, 0.6) is 0 Å². The summed E-state index contributed by atoms with van der Waals surface area (Å²) in [5, 5.41) is 6.81. The van der Waals surface area contributed by atoms with Crippen LogP contribution in [0.4, 0.5) is 5.69 Å². The van der Waals surface area contributed by atoms with Gasteiger partial charge in [-0.2, -0.15) is 8.42 Å². The Morgan fingerprint density at radius 2 is 1.70 bits per heavy atom. The van der Waals surface area contributed by atoms with E-state index in [-0.39, 0.29) is 23.0 Å². The third-order valence-electron chi connectivity index (χ3n) is 3.55. The van der Waals surface area contributed by atoms with Crippen LogP contribution < -0.4 is 10.6 Å². The van der Waals surface area contributed by atoms with Crippen molar-refractivity contribution in [2.24, 2.45) is 0 Å². The zero-order valence-electron chi connectivity index (χ0n) is 14.5. The standard InChI is InChI=1S/C16H20N2O6S3/c1-26(20,21)25-11-8-16(19)18-10-9-17-14-6-2-5-13-12(14)4-3-7-15(13)27(22,23)24/h2-7,17H,8-11H2,1H3,(H,18,19)(H,22,23,24). The molecule has 2 aromatic rings. The van der Waals surface area contributed by atoms with E-state index < -0.39 is 19.0 Å². The van der Waals surface area contributed by atoms with Crippen molar-refractivity contribution >= 4 is 52.1 Å². The van der Waals surface area contributed by atoms with Crippen molar-refractivity contribution < 1.29 is 26.2 Å². The van der Waals surface area contributed by atoms with E-state index in [1.807, 2.05) is 0 Å². The van der Waals surface area contributed by atoms with Crippen molar-refractivity contribution in [3.8, 4) is 0 Å². The largest absolute Gasteiger partial charge is 0.383 e. The Morgan fingerprint density at radius 1 is 1.04 bits per heavy atom. The zero-order chi connectivity index (χ0) is 20.1. The Morgan fingerprint density at radius 3 is 2.37 bits per heavy atom. The van der Waals surface area contributed by atoms with Gasteiger partial charge < -0.3 is 10.6 Å². The number of hydrogen-bond acceptors (Lipinski definition) is 7. The van der Waals surface area contributed by atoms with E-state index in [0.717, 1.165) is 17.0 Å². The summed E-state index contributed by atoms with van der Waals surface area (Å²) in [5.74, 6) is -0.0562. The number of carbonyl (C=O) groups excluding carboxylic acids is 1. The van der Waals surface area contributed by atoms with E-state index in [2.05, 4.69) is 10.6 Å². The highest BCUT2D eigenvalue weighted by molar-refractivity contribution is 8.71. The Labute approximate surface area is 161 Å². The second-order valence-electron chi connectivity index (χ2n) is 5.68. The van der Waals surface area contributed by atoms with Gasteiger partial charge in [0.05, 0.1) is 0 Å². The topological polar surface area (TPSA) is 130 Å². The fraction of sp³-hybridized carbons (Fsp3) is 0.312. The Bertz CT molecular complexity index is 1040. The van der Waals surface area contributed by atoms with Crippen LogP contribution in [0, 0.1) is 0 Å². The van der Waals surface area contributed by atoms with Gasteiger partial charge in [-0.05, 0) is 22.9 Å². The molecule has 27 heavy (non-hydrogen) atoms. The first kappa shape index (κ1) is 21.5. The summed E-state index contributed by atoms with van der Waals surface area (Å²) in [6.07, 6.45) is 1.20. The monoisotopic (exact) mass is 432 g/mol. The summed E-state index contributed by atoms with van der Waals surface area (Å²) in [5.41, 5.74) is 0.667. The van der Waals surface area contributed by atoms with E-state index in [1.165, 1.54) is 12.1 Å². The highest BCUT2D eigenvalue weighted by Crippen LogP contribution is 2.28. The van der Waals surface area contributed by atoms with Gasteiger partial charge in [0.25, 0.3) is 10.1 Å². The van der Waals surface area contributed by atoms with Gasteiger partial charge in [-0.3, -0.25) is 9.35 Å². The average Bonchev–Trinajstić information content (AvgIpc) is 2.56. The lowest BCUT2D eigenvalue weighted by molar-refractivity contribution is -0.120. The highest BCUT2D eigenvalue weighted by Gasteiger charge is 2.14. The molecular formula is C16H20N2O6S3. The summed E-state index contributed by atoms with van der Waals surface area (Å²) in [7, 11) is -6.75. The molecule has 0 aromatic heterocycles. The third kappa shape index (κ3) is 6.69. The number of fused-ring (bicyclic) bond motifs is 1. The minimum Gasteiger partial charge on any atom is -0.383 e. The Balaban J connectivity index is 1.93. The molecule has 0 aliphatic rings. The quantitative estimate of drug-likeness (QED) is 0.310. The SMILES string of the molecule is CS(=O)(=O)SCCC(=O)NCCNc1cccc2c(S(=O)(=O)O)cccc12. The smallest absolute Gasteiger partial charge is 0.295 e. The Kier molecular flexibility index (Phi) is 7.09. The number of amides is 1. The predicted octanol–water partition coefficient (Wildman–Crippen LogP) is 1.70. The molecule has 0 radical (unpaired) electrons. The molecule has 2 rings (SSSR count). The molecular weight excluding hydrogens is 412 g/mol. The van der Waals surface area contributed by atoms with Gasteiger partial charge in [0.1, 0.15) is 4.90 Å². The molecule has 8 nitrogen and oxygen atoms in total. The number of anilines is 1. The molecule has 0 saturated heterocycles. The van der Waals surface area contributed by atoms with Crippen LogP contribution in [-0.4, -0.2) is 52.4 Å². The maximum absolute atomic E-state index is 11.7. The molecule has 1 amide bonds. The van der Waals surface area contributed by atoms with E-state index in [4.69, 9.17) is 0 Å². The molecule has 0 heterocycles. The Hall–Kier alpha value is -1.82. The first-order chi connectivity index (χ1) is 12.6. The number of benzene rings is 2. The minimum atomic E-state index is -4.33. The number of rotatable bonds is 9. The van der Waals surface area contributed by atoms with Gasteiger partial charge in [-0.25, -0.2) is 8.42 Å². The minimum absolute atomic E-state index is 0.101. The van der Waals surface area contributed by atoms with Gasteiger partial charge in [-0.1, -0.05) is 24.3 Å². The van der Waals surface area contributed by atoms with Crippen molar-refractivity contribution in [2.45, 2.75) is 11.3 Å². The van der Waals surface area contributed by atoms with Crippen molar-refractivity contribution in [1.29, 1.82) is 0 Å². The first-order valence-electron chi connectivity index (χ1n) is 7.92. The van der Waals surface area contributed by atoms with Gasteiger partial charge >= 0.3 is 0 Å². The molecule has 2 aromatic carbocycles. The van der Waals surface area contributed by atoms with Gasteiger partial charge in [0.15, 0.2) is 8.87 Å². The van der Waals surface area contributed by atoms with E-state index in [9.17, 15) is 26.2 Å². The predicted molar refractivity (Wildman–Crippen MR) is 107 cm³/mol. The van der Waals surface area contributed by atoms with Crippen molar-refractivity contribution in [3.63, 3.8) is 0 Å². The molecule has 0 fully saturated rings. The maximum Gasteiger partial charge on any atom is 0.295 e. The normalized spacial score (nSPS) is 12.1. The van der Waals surface area contributed by atoms with Crippen LogP contribution in [0.3, 0.4) is 0 Å². The van der Waals surface area contributed by atoms with Crippen LogP contribution in [0.1, 0.15) is 6.42 Å². The van der Waals surface area contributed by atoms with Crippen molar-refractivity contribution in [2.75, 3.05) is 30.4 Å². The van der Waals surface area contributed by atoms with Crippen LogP contribution in [0.15, 0.2) is 41.3 Å². The number of hydrogen-bond donors (Lipinski definition) is 3. The summed E-state index contributed by atoms with van der Waals surface area (Å²) < 4.78 is 54.3. The van der Waals surface area contributed by atoms with Crippen molar-refractivity contribution in [1.82, 2.24) is 5.32 Å². The first-order valence-corrected chi connectivity index (χ1v) is 12.8. The summed E-state index contributed by atoms with van der Waals surface area (Å²) in [6, 6.07) is 9.63. The van der Waals surface area contributed by atoms with Gasteiger partial charge in [0, 0.05) is 48.0 Å². The van der Waals surface area contributed by atoms with Crippen LogP contribution in [0.2, 0.25) is 0 Å². The van der Waals surface area contributed by atoms with E-state index >= 15 is 0 Å². The molecule has 0 bridgehead atoms. The second kappa shape index (κ2) is 8.91. The fourth-order valence-electron chi connectivity index (χ4n) is 2.43. The molecule has 0 aliphatic heterocycles. The molecule has 3 N–H and O–H groups in total. The van der Waals surface area contributed by atoms with Crippen LogP contribution >= 0.6 is 10.8 Å². The maximum atomic E-state index is 11.7. The van der Waals surface area contributed by atoms with Crippen LogP contribution in [-0.2, 0) is 23.8 Å². The van der Waals surface area contributed by atoms with Crippen molar-refractivity contribution in [3.05, 3.63) is 36.4 Å². The number of carbonyl (C=O) groups is 1. The molecule has 0 unspecified atom stereocenters. The second-order valence-corrected chi connectivity index (χ2v) is 11.7. The molecule has 148 valence electrons. The molecule has 0 saturated carbocycles. The van der Waals surface area contributed by atoms with E-state index in [1.54, 1.807) is 24.3 Å². The summed E-state index contributed by atoms with van der Waals surface area (Å²) >= 11 is 0. The summed E-state index contributed by atoms with van der Waals surface area (Å²) in [6.45, 7) is 0.705. The molecule has 11 heteroatoms. The van der Waals surface area contributed by atoms with Gasteiger partial charge in [0.2, 0.25) is 5.91 Å². The lowest BCUT2D eigenvalue weighted by Gasteiger charge is -2.12. The molecule has 0 aliphatic carbocycles. The van der Waals surface area contributed by atoms with Gasteiger partial charge in [-0.15, -0.1) is 0 Å². The number of nitrogens with one attached hydrogen (secondary N) is 2. The highest BCUT2D eigenvalue weighted by atomic mass is 33.1. The molecule has 0 atom stereocenters. The lowest BCUT2D eigenvalue weighted by Crippen LogP contribution is -2.29. The molecule has 0 spiro atoms.